The van der Waals surface area contributed by atoms with Gasteiger partial charge in [-0.15, -0.1) is 0 Å². The smallest absolute Gasteiger partial charge is 0.408 e. The van der Waals surface area contributed by atoms with Crippen molar-refractivity contribution in [2.24, 2.45) is 0 Å². The second kappa shape index (κ2) is 8.55. The Balaban J connectivity index is 4.39. The standard InChI is InChI=1S/C12H22INO4/c1-5-17-10(15)9(7-6-8-13)14-11(16)18-12(2,3)4/h9H,5-8H2,1-4H3,(H,14,16)/t9-/m0/s1. The van der Waals surface area contributed by atoms with Gasteiger partial charge in [-0.3, -0.25) is 0 Å². The summed E-state index contributed by atoms with van der Waals surface area (Å²) in [6.45, 7) is 7.36. The first-order valence-electron chi connectivity index (χ1n) is 6.02. The summed E-state index contributed by atoms with van der Waals surface area (Å²) >= 11 is 2.23. The number of rotatable bonds is 6. The third kappa shape index (κ3) is 8.54. The van der Waals surface area contributed by atoms with Gasteiger partial charge in [0.25, 0.3) is 0 Å². The molecule has 0 unspecified atom stereocenters. The zero-order chi connectivity index (χ0) is 14.2. The van der Waals surface area contributed by atoms with Gasteiger partial charge in [-0.2, -0.15) is 0 Å². The van der Waals surface area contributed by atoms with E-state index in [0.29, 0.717) is 13.0 Å². The van der Waals surface area contributed by atoms with Crippen molar-refractivity contribution in [1.82, 2.24) is 5.32 Å². The van der Waals surface area contributed by atoms with E-state index in [9.17, 15) is 9.59 Å². The molecule has 0 fully saturated rings. The highest BCUT2D eigenvalue weighted by Gasteiger charge is 2.24. The first-order chi connectivity index (χ1) is 8.30. The molecular formula is C12H22INO4. The van der Waals surface area contributed by atoms with Crippen LogP contribution in [0.25, 0.3) is 0 Å². The molecule has 0 aliphatic carbocycles. The van der Waals surface area contributed by atoms with E-state index in [1.165, 1.54) is 0 Å². The summed E-state index contributed by atoms with van der Waals surface area (Å²) < 4.78 is 11.0. The lowest BCUT2D eigenvalue weighted by atomic mass is 10.1. The Bertz CT molecular complexity index is 276. The van der Waals surface area contributed by atoms with Gasteiger partial charge in [0.05, 0.1) is 6.61 Å². The molecule has 1 N–H and O–H groups in total. The van der Waals surface area contributed by atoms with Gasteiger partial charge >= 0.3 is 12.1 Å². The summed E-state index contributed by atoms with van der Waals surface area (Å²) in [6, 6.07) is -0.630. The number of nitrogens with one attached hydrogen (secondary N) is 1. The van der Waals surface area contributed by atoms with Gasteiger partial charge in [0.2, 0.25) is 0 Å². The van der Waals surface area contributed by atoms with E-state index in [1.807, 2.05) is 0 Å². The minimum absolute atomic E-state index is 0.301. The molecule has 0 aromatic rings. The maximum atomic E-state index is 11.7. The highest BCUT2D eigenvalue weighted by atomic mass is 127. The predicted octanol–water partition coefficient (Wildman–Crippen LogP) is 2.66. The number of hydrogen-bond donors (Lipinski definition) is 1. The number of carbonyl (C=O) groups excluding carboxylic acids is 2. The van der Waals surface area contributed by atoms with Crippen LogP contribution in [0, 0.1) is 0 Å². The Morgan fingerprint density at radius 1 is 1.33 bits per heavy atom. The summed E-state index contributed by atoms with van der Waals surface area (Å²) in [6.07, 6.45) is 0.801. The number of alkyl carbamates (subject to hydrolysis) is 1. The van der Waals surface area contributed by atoms with E-state index in [0.717, 1.165) is 10.8 Å². The number of esters is 1. The fourth-order valence-corrected chi connectivity index (χ4v) is 1.66. The quantitative estimate of drug-likeness (QED) is 0.443. The Hall–Kier alpha value is -0.530. The highest BCUT2D eigenvalue weighted by Crippen LogP contribution is 2.08. The van der Waals surface area contributed by atoms with Gasteiger partial charge in [-0.25, -0.2) is 9.59 Å². The van der Waals surface area contributed by atoms with E-state index < -0.39 is 23.7 Å². The number of halogens is 1. The molecule has 0 saturated heterocycles. The minimum Gasteiger partial charge on any atom is -0.464 e. The molecule has 106 valence electrons. The fraction of sp³-hybridized carbons (Fsp3) is 0.833. The molecule has 0 rings (SSSR count). The molecule has 0 aliphatic rings. The van der Waals surface area contributed by atoms with Crippen LogP contribution in [-0.2, 0) is 14.3 Å². The van der Waals surface area contributed by atoms with Crippen molar-refractivity contribution < 1.29 is 19.1 Å². The zero-order valence-corrected chi connectivity index (χ0v) is 13.6. The van der Waals surface area contributed by atoms with Gasteiger partial charge in [0, 0.05) is 0 Å². The summed E-state index contributed by atoms with van der Waals surface area (Å²) in [5.74, 6) is -0.409. The van der Waals surface area contributed by atoms with Gasteiger partial charge < -0.3 is 14.8 Å². The summed E-state index contributed by atoms with van der Waals surface area (Å²) in [5, 5.41) is 2.55. The topological polar surface area (TPSA) is 64.6 Å². The number of ether oxygens (including phenoxy) is 2. The normalized spacial score (nSPS) is 12.7. The second-order valence-electron chi connectivity index (χ2n) is 4.78. The van der Waals surface area contributed by atoms with E-state index in [4.69, 9.17) is 9.47 Å². The zero-order valence-electron chi connectivity index (χ0n) is 11.4. The van der Waals surface area contributed by atoms with Gasteiger partial charge in [-0.1, -0.05) is 22.6 Å². The molecule has 1 amide bonds. The lowest BCUT2D eigenvalue weighted by molar-refractivity contribution is -0.145. The summed E-state index contributed by atoms with van der Waals surface area (Å²) in [7, 11) is 0. The van der Waals surface area contributed by atoms with Crippen molar-refractivity contribution in [1.29, 1.82) is 0 Å². The molecule has 0 saturated carbocycles. The van der Waals surface area contributed by atoms with Crippen LogP contribution in [0.5, 0.6) is 0 Å². The largest absolute Gasteiger partial charge is 0.464 e. The van der Waals surface area contributed by atoms with Crippen LogP contribution >= 0.6 is 22.6 Å². The van der Waals surface area contributed by atoms with Crippen LogP contribution in [0.15, 0.2) is 0 Å². The van der Waals surface area contributed by atoms with Gasteiger partial charge in [0.15, 0.2) is 0 Å². The average Bonchev–Trinajstić information content (AvgIpc) is 2.21. The molecule has 5 nitrogen and oxygen atoms in total. The Kier molecular flexibility index (Phi) is 8.30. The molecule has 0 aliphatic heterocycles. The molecule has 0 aromatic carbocycles. The molecule has 0 heterocycles. The monoisotopic (exact) mass is 371 g/mol. The fourth-order valence-electron chi connectivity index (χ4n) is 1.22. The lowest BCUT2D eigenvalue weighted by Gasteiger charge is -2.22. The maximum absolute atomic E-state index is 11.7. The van der Waals surface area contributed by atoms with E-state index >= 15 is 0 Å². The van der Waals surface area contributed by atoms with Crippen LogP contribution in [0.1, 0.15) is 40.5 Å². The van der Waals surface area contributed by atoms with Crippen LogP contribution in [0.3, 0.4) is 0 Å². The van der Waals surface area contributed by atoms with Crippen molar-refractivity contribution >= 4 is 34.7 Å². The molecule has 0 radical (unpaired) electrons. The van der Waals surface area contributed by atoms with E-state index in [2.05, 4.69) is 27.9 Å². The third-order valence-corrected chi connectivity index (χ3v) is 2.65. The Labute approximate surface area is 122 Å². The molecular weight excluding hydrogens is 349 g/mol. The SMILES string of the molecule is CCOC(=O)[C@H](CCCI)NC(=O)OC(C)(C)C. The van der Waals surface area contributed by atoms with Gasteiger partial charge in [0.1, 0.15) is 11.6 Å². The number of hydrogen-bond acceptors (Lipinski definition) is 4. The van der Waals surface area contributed by atoms with Crippen molar-refractivity contribution in [2.75, 3.05) is 11.0 Å². The number of carbonyl (C=O) groups is 2. The van der Waals surface area contributed by atoms with Gasteiger partial charge in [-0.05, 0) is 45.0 Å². The van der Waals surface area contributed by atoms with Crippen molar-refractivity contribution in [3.63, 3.8) is 0 Å². The minimum atomic E-state index is -0.630. The van der Waals surface area contributed by atoms with Crippen LogP contribution in [0.4, 0.5) is 4.79 Å². The van der Waals surface area contributed by atoms with E-state index in [-0.39, 0.29) is 0 Å². The van der Waals surface area contributed by atoms with Crippen molar-refractivity contribution in [2.45, 2.75) is 52.2 Å². The Morgan fingerprint density at radius 3 is 2.39 bits per heavy atom. The van der Waals surface area contributed by atoms with Crippen LogP contribution < -0.4 is 5.32 Å². The maximum Gasteiger partial charge on any atom is 0.408 e. The highest BCUT2D eigenvalue weighted by molar-refractivity contribution is 14.1. The Morgan fingerprint density at radius 2 is 1.94 bits per heavy atom. The van der Waals surface area contributed by atoms with Crippen molar-refractivity contribution in [3.05, 3.63) is 0 Å². The number of alkyl halides is 1. The van der Waals surface area contributed by atoms with Crippen LogP contribution in [0.2, 0.25) is 0 Å². The molecule has 1 atom stereocenters. The first-order valence-corrected chi connectivity index (χ1v) is 7.54. The molecule has 0 spiro atoms. The lowest BCUT2D eigenvalue weighted by Crippen LogP contribution is -2.44. The van der Waals surface area contributed by atoms with E-state index in [1.54, 1.807) is 27.7 Å². The molecule has 6 heteroatoms. The molecule has 0 aromatic heterocycles. The van der Waals surface area contributed by atoms with Crippen molar-refractivity contribution in [3.8, 4) is 0 Å². The number of amides is 1. The summed E-state index contributed by atoms with van der Waals surface area (Å²) in [4.78, 5) is 23.3. The average molecular weight is 371 g/mol. The second-order valence-corrected chi connectivity index (χ2v) is 5.86. The molecule has 18 heavy (non-hydrogen) atoms. The first kappa shape index (κ1) is 17.5. The van der Waals surface area contributed by atoms with Crippen LogP contribution in [-0.4, -0.2) is 34.7 Å². The molecule has 0 bridgehead atoms. The predicted molar refractivity (Wildman–Crippen MR) is 77.9 cm³/mol. The third-order valence-electron chi connectivity index (χ3n) is 1.89. The summed E-state index contributed by atoms with van der Waals surface area (Å²) in [5.41, 5.74) is -0.577.